The molecule has 0 aliphatic rings. The van der Waals surface area contributed by atoms with Crippen LogP contribution in [-0.4, -0.2) is 27.6 Å². The van der Waals surface area contributed by atoms with Crippen LogP contribution in [0.5, 0.6) is 0 Å². The van der Waals surface area contributed by atoms with Gasteiger partial charge in [0.05, 0.1) is 17.4 Å². The zero-order valence-corrected chi connectivity index (χ0v) is 10.9. The Morgan fingerprint density at radius 3 is 3.00 bits per heavy atom. The summed E-state index contributed by atoms with van der Waals surface area (Å²) < 4.78 is 0. The van der Waals surface area contributed by atoms with Crippen molar-refractivity contribution in [2.75, 3.05) is 11.9 Å². The van der Waals surface area contributed by atoms with Crippen molar-refractivity contribution in [1.29, 1.82) is 0 Å². The number of hydrogen-bond donors (Lipinski definition) is 2. The molecule has 2 rings (SSSR count). The number of rotatable bonds is 2. The summed E-state index contributed by atoms with van der Waals surface area (Å²) in [5.41, 5.74) is 2.23. The number of aryl methyl sites for hydroxylation is 1. The number of aromatic nitrogens is 2. The summed E-state index contributed by atoms with van der Waals surface area (Å²) in [6, 6.07) is 5.18. The third-order valence-corrected chi connectivity index (χ3v) is 2.61. The van der Waals surface area contributed by atoms with Crippen LogP contribution in [0.3, 0.4) is 0 Å². The Balaban J connectivity index is 2.28. The van der Waals surface area contributed by atoms with E-state index in [2.05, 4.69) is 27.1 Å². The topological polar surface area (TPSA) is 75.1 Å². The molecule has 0 saturated heterocycles. The minimum Gasteiger partial charge on any atom is -0.384 e. The zero-order valence-electron chi connectivity index (χ0n) is 10.9. The van der Waals surface area contributed by atoms with Gasteiger partial charge in [0.1, 0.15) is 12.3 Å². The maximum absolute atomic E-state index is 12.2. The van der Waals surface area contributed by atoms with Gasteiger partial charge in [-0.2, -0.15) is 0 Å². The summed E-state index contributed by atoms with van der Waals surface area (Å²) in [6.45, 7) is 1.61. The lowest BCUT2D eigenvalue weighted by atomic mass is 10.1. The summed E-state index contributed by atoms with van der Waals surface area (Å²) >= 11 is 0. The van der Waals surface area contributed by atoms with E-state index in [1.165, 1.54) is 6.20 Å². The average molecular weight is 267 g/mol. The lowest BCUT2D eigenvalue weighted by molar-refractivity contribution is 0.102. The minimum absolute atomic E-state index is 0.219. The molecule has 0 aromatic carbocycles. The number of carbonyl (C=O) groups is 1. The highest BCUT2D eigenvalue weighted by Gasteiger charge is 2.12. The monoisotopic (exact) mass is 267 g/mol. The number of nitrogens with one attached hydrogen (secondary N) is 1. The Kier molecular flexibility index (Phi) is 4.43. The number of carbonyl (C=O) groups excluding carboxylic acids is 1. The van der Waals surface area contributed by atoms with E-state index in [9.17, 15) is 4.79 Å². The number of aliphatic hydroxyl groups is 1. The molecule has 100 valence electrons. The molecule has 0 spiro atoms. The molecular formula is C15H13N3O2. The van der Waals surface area contributed by atoms with E-state index in [-0.39, 0.29) is 18.2 Å². The normalized spacial score (nSPS) is 9.50. The quantitative estimate of drug-likeness (QED) is 0.806. The van der Waals surface area contributed by atoms with Gasteiger partial charge < -0.3 is 10.4 Å². The number of anilines is 1. The molecule has 0 radical (unpaired) electrons. The molecule has 2 heterocycles. The van der Waals surface area contributed by atoms with Crippen molar-refractivity contribution < 1.29 is 9.90 Å². The summed E-state index contributed by atoms with van der Waals surface area (Å²) in [7, 11) is 0. The Hall–Kier alpha value is -2.71. The van der Waals surface area contributed by atoms with Crippen molar-refractivity contribution in [2.24, 2.45) is 0 Å². The van der Waals surface area contributed by atoms with Gasteiger partial charge in [-0.05, 0) is 30.7 Å². The van der Waals surface area contributed by atoms with Gasteiger partial charge in [0.25, 0.3) is 5.91 Å². The lowest BCUT2D eigenvalue weighted by Crippen LogP contribution is -2.16. The van der Waals surface area contributed by atoms with E-state index in [1.807, 2.05) is 6.92 Å². The van der Waals surface area contributed by atoms with Crippen molar-refractivity contribution >= 4 is 11.6 Å². The van der Waals surface area contributed by atoms with Crippen LogP contribution >= 0.6 is 0 Å². The largest absolute Gasteiger partial charge is 0.384 e. The van der Waals surface area contributed by atoms with Crippen molar-refractivity contribution in [2.45, 2.75) is 6.92 Å². The molecule has 0 bridgehead atoms. The molecule has 1 amide bonds. The molecule has 0 aliphatic heterocycles. The summed E-state index contributed by atoms with van der Waals surface area (Å²) in [6.07, 6.45) is 4.76. The smallest absolute Gasteiger partial charge is 0.275 e. The molecule has 0 unspecified atom stereocenters. The first-order valence-electron chi connectivity index (χ1n) is 5.99. The predicted molar refractivity (Wildman–Crippen MR) is 75.1 cm³/mol. The van der Waals surface area contributed by atoms with Crippen LogP contribution < -0.4 is 5.32 Å². The van der Waals surface area contributed by atoms with Gasteiger partial charge in [0.2, 0.25) is 0 Å². The Morgan fingerprint density at radius 2 is 2.25 bits per heavy atom. The molecule has 20 heavy (non-hydrogen) atoms. The van der Waals surface area contributed by atoms with E-state index in [4.69, 9.17) is 5.11 Å². The third kappa shape index (κ3) is 3.19. The molecule has 0 fully saturated rings. The fraction of sp³-hybridized carbons (Fsp3) is 0.133. The zero-order chi connectivity index (χ0) is 14.4. The molecule has 2 N–H and O–H groups in total. The number of nitrogens with zero attached hydrogens (tertiary/aromatic N) is 2. The second-order valence-corrected chi connectivity index (χ2v) is 4.00. The van der Waals surface area contributed by atoms with Crippen LogP contribution in [0.2, 0.25) is 0 Å². The molecule has 2 aromatic heterocycles. The van der Waals surface area contributed by atoms with E-state index >= 15 is 0 Å². The first kappa shape index (κ1) is 13.7. The Labute approximate surface area is 116 Å². The van der Waals surface area contributed by atoms with Crippen molar-refractivity contribution in [3.63, 3.8) is 0 Å². The van der Waals surface area contributed by atoms with E-state index in [0.29, 0.717) is 11.3 Å². The van der Waals surface area contributed by atoms with E-state index in [0.717, 1.165) is 5.56 Å². The highest BCUT2D eigenvalue weighted by atomic mass is 16.2. The van der Waals surface area contributed by atoms with E-state index < -0.39 is 0 Å². The van der Waals surface area contributed by atoms with Gasteiger partial charge >= 0.3 is 0 Å². The number of aliphatic hydroxyl groups excluding tert-OH is 1. The third-order valence-electron chi connectivity index (χ3n) is 2.61. The molecular weight excluding hydrogens is 254 g/mol. The fourth-order valence-electron chi connectivity index (χ4n) is 1.60. The first-order chi connectivity index (χ1) is 9.72. The van der Waals surface area contributed by atoms with Gasteiger partial charge in [-0.3, -0.25) is 9.78 Å². The van der Waals surface area contributed by atoms with Crippen molar-refractivity contribution in [1.82, 2.24) is 9.97 Å². The summed E-state index contributed by atoms with van der Waals surface area (Å²) in [5.74, 6) is 4.86. The van der Waals surface area contributed by atoms with Gasteiger partial charge in [-0.25, -0.2) is 4.98 Å². The van der Waals surface area contributed by atoms with Crippen LogP contribution in [-0.2, 0) is 0 Å². The van der Waals surface area contributed by atoms with E-state index in [1.54, 1.807) is 30.6 Å². The average Bonchev–Trinajstić information content (AvgIpc) is 2.47. The first-order valence-corrected chi connectivity index (χ1v) is 5.99. The SMILES string of the molecule is Cc1ccncc1NC(=O)c1ncccc1C#CCO. The molecule has 0 saturated carbocycles. The van der Waals surface area contributed by atoms with Gasteiger partial charge in [-0.1, -0.05) is 11.8 Å². The van der Waals surface area contributed by atoms with Crippen LogP contribution in [0.1, 0.15) is 21.6 Å². The number of hydrogen-bond acceptors (Lipinski definition) is 4. The van der Waals surface area contributed by atoms with Gasteiger partial charge in [0, 0.05) is 12.4 Å². The summed E-state index contributed by atoms with van der Waals surface area (Å²) in [4.78, 5) is 20.2. The highest BCUT2D eigenvalue weighted by molar-refractivity contribution is 6.04. The second-order valence-electron chi connectivity index (χ2n) is 4.00. The van der Waals surface area contributed by atoms with Crippen molar-refractivity contribution in [3.8, 4) is 11.8 Å². The second kappa shape index (κ2) is 6.45. The standard InChI is InChI=1S/C15H13N3O2/c1-11-6-8-16-10-13(11)18-15(20)14-12(5-3-9-19)4-2-7-17-14/h2,4,6-8,10,19H,9H2,1H3,(H,18,20). The Bertz CT molecular complexity index is 687. The molecule has 0 atom stereocenters. The number of amides is 1. The maximum Gasteiger partial charge on any atom is 0.275 e. The molecule has 5 heteroatoms. The van der Waals surface area contributed by atoms with Crippen LogP contribution in [0.4, 0.5) is 5.69 Å². The molecule has 5 nitrogen and oxygen atoms in total. The maximum atomic E-state index is 12.2. The number of pyridine rings is 2. The molecule has 2 aromatic rings. The lowest BCUT2D eigenvalue weighted by Gasteiger charge is -2.07. The predicted octanol–water partition coefficient (Wildman–Crippen LogP) is 1.38. The van der Waals surface area contributed by atoms with Gasteiger partial charge in [-0.15, -0.1) is 0 Å². The van der Waals surface area contributed by atoms with Crippen LogP contribution in [0, 0.1) is 18.8 Å². The summed E-state index contributed by atoms with van der Waals surface area (Å²) in [5, 5.41) is 11.5. The minimum atomic E-state index is -0.357. The fourth-order valence-corrected chi connectivity index (χ4v) is 1.60. The Morgan fingerprint density at radius 1 is 1.40 bits per heavy atom. The van der Waals surface area contributed by atoms with Crippen LogP contribution in [0.25, 0.3) is 0 Å². The highest BCUT2D eigenvalue weighted by Crippen LogP contribution is 2.13. The molecule has 0 aliphatic carbocycles. The van der Waals surface area contributed by atoms with Gasteiger partial charge in [0.15, 0.2) is 0 Å². The van der Waals surface area contributed by atoms with Crippen molar-refractivity contribution in [3.05, 3.63) is 53.6 Å². The van der Waals surface area contributed by atoms with Crippen LogP contribution in [0.15, 0.2) is 36.8 Å².